The zero-order valence-electron chi connectivity index (χ0n) is 7.49. The Morgan fingerprint density at radius 3 is 2.45 bits per heavy atom. The molecular formula is C10H17Br. The van der Waals surface area contributed by atoms with Gasteiger partial charge < -0.3 is 0 Å². The van der Waals surface area contributed by atoms with E-state index in [1.165, 1.54) is 19.3 Å². The van der Waals surface area contributed by atoms with E-state index in [-0.39, 0.29) is 0 Å². The SMILES string of the molecule is CC(C)C#CCCCCCBr. The van der Waals surface area contributed by atoms with Crippen LogP contribution in [0.3, 0.4) is 0 Å². The highest BCUT2D eigenvalue weighted by atomic mass is 79.9. The van der Waals surface area contributed by atoms with E-state index < -0.39 is 0 Å². The van der Waals surface area contributed by atoms with Crippen LogP contribution in [0.1, 0.15) is 39.5 Å². The van der Waals surface area contributed by atoms with Gasteiger partial charge in [0.05, 0.1) is 0 Å². The summed E-state index contributed by atoms with van der Waals surface area (Å²) in [6, 6.07) is 0. The molecule has 0 bridgehead atoms. The summed E-state index contributed by atoms with van der Waals surface area (Å²) in [6.07, 6.45) is 4.91. The Hall–Kier alpha value is 0.0400. The Morgan fingerprint density at radius 2 is 1.91 bits per heavy atom. The molecule has 0 unspecified atom stereocenters. The van der Waals surface area contributed by atoms with Gasteiger partial charge in [0.25, 0.3) is 0 Å². The van der Waals surface area contributed by atoms with E-state index in [2.05, 4.69) is 41.6 Å². The fraction of sp³-hybridized carbons (Fsp3) is 0.800. The maximum atomic E-state index is 3.41. The molecule has 0 saturated heterocycles. The van der Waals surface area contributed by atoms with E-state index >= 15 is 0 Å². The van der Waals surface area contributed by atoms with Gasteiger partial charge in [-0.05, 0) is 12.8 Å². The van der Waals surface area contributed by atoms with E-state index in [1.54, 1.807) is 0 Å². The van der Waals surface area contributed by atoms with E-state index in [4.69, 9.17) is 0 Å². The second kappa shape index (κ2) is 8.14. The van der Waals surface area contributed by atoms with Gasteiger partial charge in [-0.15, -0.1) is 11.8 Å². The van der Waals surface area contributed by atoms with E-state index in [0.717, 1.165) is 11.8 Å². The second-order valence-corrected chi connectivity index (χ2v) is 3.77. The minimum absolute atomic E-state index is 0.533. The van der Waals surface area contributed by atoms with Crippen molar-refractivity contribution in [2.24, 2.45) is 5.92 Å². The molecule has 0 aliphatic heterocycles. The molecule has 0 aliphatic rings. The summed E-state index contributed by atoms with van der Waals surface area (Å²) < 4.78 is 0. The molecule has 0 aliphatic carbocycles. The first-order valence-corrected chi connectivity index (χ1v) is 5.44. The molecule has 0 aromatic carbocycles. The average Bonchev–Trinajstić information content (AvgIpc) is 1.96. The molecule has 0 saturated carbocycles. The van der Waals surface area contributed by atoms with Gasteiger partial charge >= 0.3 is 0 Å². The van der Waals surface area contributed by atoms with Crippen molar-refractivity contribution < 1.29 is 0 Å². The van der Waals surface area contributed by atoms with Crippen LogP contribution in [0.25, 0.3) is 0 Å². The predicted octanol–water partition coefficient (Wildman–Crippen LogP) is 3.60. The number of hydrogen-bond donors (Lipinski definition) is 0. The zero-order valence-corrected chi connectivity index (χ0v) is 9.08. The van der Waals surface area contributed by atoms with Crippen LogP contribution in [0.15, 0.2) is 0 Å². The zero-order chi connectivity index (χ0) is 8.53. The molecular weight excluding hydrogens is 200 g/mol. The Balaban J connectivity index is 3.09. The summed E-state index contributed by atoms with van der Waals surface area (Å²) in [5.41, 5.74) is 0. The summed E-state index contributed by atoms with van der Waals surface area (Å²) in [7, 11) is 0. The van der Waals surface area contributed by atoms with Crippen molar-refractivity contribution >= 4 is 15.9 Å². The lowest BCUT2D eigenvalue weighted by Gasteiger charge is -1.92. The van der Waals surface area contributed by atoms with Crippen LogP contribution >= 0.6 is 15.9 Å². The fourth-order valence-corrected chi connectivity index (χ4v) is 1.16. The maximum absolute atomic E-state index is 3.41. The molecule has 0 atom stereocenters. The highest BCUT2D eigenvalue weighted by Crippen LogP contribution is 2.01. The third-order valence-corrected chi connectivity index (χ3v) is 1.89. The minimum Gasteiger partial charge on any atom is -0.103 e. The van der Waals surface area contributed by atoms with Crippen molar-refractivity contribution in [3.8, 4) is 11.8 Å². The normalized spacial score (nSPS) is 9.45. The van der Waals surface area contributed by atoms with Crippen LogP contribution in [-0.2, 0) is 0 Å². The Bertz CT molecular complexity index is 128. The molecule has 1 heteroatoms. The van der Waals surface area contributed by atoms with Gasteiger partial charge in [-0.2, -0.15) is 0 Å². The Labute approximate surface area is 78.9 Å². The van der Waals surface area contributed by atoms with Crippen molar-refractivity contribution in [1.29, 1.82) is 0 Å². The van der Waals surface area contributed by atoms with Crippen LogP contribution in [0.4, 0.5) is 0 Å². The Morgan fingerprint density at radius 1 is 1.18 bits per heavy atom. The van der Waals surface area contributed by atoms with Gasteiger partial charge in [-0.3, -0.25) is 0 Å². The van der Waals surface area contributed by atoms with Crippen molar-refractivity contribution in [3.05, 3.63) is 0 Å². The third kappa shape index (κ3) is 10.0. The number of hydrogen-bond acceptors (Lipinski definition) is 0. The first-order chi connectivity index (χ1) is 5.27. The monoisotopic (exact) mass is 216 g/mol. The average molecular weight is 217 g/mol. The van der Waals surface area contributed by atoms with Gasteiger partial charge in [0.15, 0.2) is 0 Å². The number of alkyl halides is 1. The molecule has 11 heavy (non-hydrogen) atoms. The van der Waals surface area contributed by atoms with Crippen LogP contribution < -0.4 is 0 Å². The molecule has 0 heterocycles. The van der Waals surface area contributed by atoms with Crippen LogP contribution in [0.2, 0.25) is 0 Å². The molecule has 64 valence electrons. The molecule has 0 amide bonds. The van der Waals surface area contributed by atoms with Crippen molar-refractivity contribution in [2.45, 2.75) is 39.5 Å². The maximum Gasteiger partial charge on any atom is 0.0146 e. The van der Waals surface area contributed by atoms with E-state index in [1.807, 2.05) is 0 Å². The van der Waals surface area contributed by atoms with Crippen LogP contribution in [0.5, 0.6) is 0 Å². The van der Waals surface area contributed by atoms with Gasteiger partial charge in [0, 0.05) is 17.7 Å². The van der Waals surface area contributed by atoms with Gasteiger partial charge in [-0.25, -0.2) is 0 Å². The minimum atomic E-state index is 0.533. The highest BCUT2D eigenvalue weighted by Gasteiger charge is 1.85. The summed E-state index contributed by atoms with van der Waals surface area (Å²) in [5.74, 6) is 6.87. The summed E-state index contributed by atoms with van der Waals surface area (Å²) in [4.78, 5) is 0. The topological polar surface area (TPSA) is 0 Å². The van der Waals surface area contributed by atoms with Crippen LogP contribution in [-0.4, -0.2) is 5.33 Å². The van der Waals surface area contributed by atoms with E-state index in [9.17, 15) is 0 Å². The van der Waals surface area contributed by atoms with E-state index in [0.29, 0.717) is 5.92 Å². The molecule has 0 spiro atoms. The number of halogens is 1. The largest absolute Gasteiger partial charge is 0.103 e. The van der Waals surface area contributed by atoms with Crippen molar-refractivity contribution in [1.82, 2.24) is 0 Å². The number of unbranched alkanes of at least 4 members (excludes halogenated alkanes) is 3. The fourth-order valence-electron chi connectivity index (χ4n) is 0.761. The van der Waals surface area contributed by atoms with Gasteiger partial charge in [-0.1, -0.05) is 36.2 Å². The smallest absolute Gasteiger partial charge is 0.0146 e. The molecule has 0 aromatic heterocycles. The highest BCUT2D eigenvalue weighted by molar-refractivity contribution is 9.09. The first-order valence-electron chi connectivity index (χ1n) is 4.31. The third-order valence-electron chi connectivity index (χ3n) is 1.33. The lowest BCUT2D eigenvalue weighted by Crippen LogP contribution is -1.79. The standard InChI is InChI=1S/C10H17Br/c1-10(2)8-6-4-3-5-7-9-11/h10H,3-5,7,9H2,1-2H3. The molecule has 0 fully saturated rings. The molecule has 0 N–H and O–H groups in total. The summed E-state index contributed by atoms with van der Waals surface area (Å²) in [5, 5.41) is 1.13. The molecule has 0 aromatic rings. The van der Waals surface area contributed by atoms with Crippen molar-refractivity contribution in [2.75, 3.05) is 5.33 Å². The van der Waals surface area contributed by atoms with Gasteiger partial charge in [0.1, 0.15) is 0 Å². The predicted molar refractivity (Wildman–Crippen MR) is 54.9 cm³/mol. The van der Waals surface area contributed by atoms with Crippen LogP contribution in [0, 0.1) is 17.8 Å². The molecule has 0 rings (SSSR count). The molecule has 0 nitrogen and oxygen atoms in total. The lowest BCUT2D eigenvalue weighted by molar-refractivity contribution is 0.743. The summed E-state index contributed by atoms with van der Waals surface area (Å²) in [6.45, 7) is 4.26. The lowest BCUT2D eigenvalue weighted by atomic mass is 10.2. The first kappa shape index (κ1) is 11.0. The van der Waals surface area contributed by atoms with Crippen molar-refractivity contribution in [3.63, 3.8) is 0 Å². The van der Waals surface area contributed by atoms with Gasteiger partial charge in [0.2, 0.25) is 0 Å². The summed E-state index contributed by atoms with van der Waals surface area (Å²) >= 11 is 3.41. The Kier molecular flexibility index (Phi) is 8.17. The quantitative estimate of drug-likeness (QED) is 0.383. The second-order valence-electron chi connectivity index (χ2n) is 2.98. The molecule has 0 radical (unpaired) electrons. The number of rotatable bonds is 4.